The van der Waals surface area contributed by atoms with Crippen LogP contribution in [0.2, 0.25) is 0 Å². The van der Waals surface area contributed by atoms with Gasteiger partial charge >= 0.3 is 0 Å². The van der Waals surface area contributed by atoms with E-state index in [4.69, 9.17) is 5.11 Å². The molecule has 0 spiro atoms. The first-order chi connectivity index (χ1) is 7.52. The molecule has 0 saturated heterocycles. The van der Waals surface area contributed by atoms with Gasteiger partial charge in [0, 0.05) is 13.0 Å². The lowest BCUT2D eigenvalue weighted by atomic mass is 9.85. The van der Waals surface area contributed by atoms with Gasteiger partial charge in [0.15, 0.2) is 0 Å². The third-order valence-corrected chi connectivity index (χ3v) is 3.19. The minimum Gasteiger partial charge on any atom is -0.393 e. The van der Waals surface area contributed by atoms with Crippen molar-refractivity contribution >= 4 is 5.91 Å². The summed E-state index contributed by atoms with van der Waals surface area (Å²) in [6.07, 6.45) is 5.19. The lowest BCUT2D eigenvalue weighted by Crippen LogP contribution is -2.44. The van der Waals surface area contributed by atoms with Crippen LogP contribution < -0.4 is 5.32 Å². The van der Waals surface area contributed by atoms with Crippen LogP contribution in [0.15, 0.2) is 0 Å². The van der Waals surface area contributed by atoms with E-state index in [0.717, 1.165) is 25.7 Å². The first kappa shape index (κ1) is 13.5. The number of hydrogen-bond donors (Lipinski definition) is 3. The smallest absolute Gasteiger partial charge is 0.220 e. The fraction of sp³-hybridized carbons (Fsp3) is 0.917. The van der Waals surface area contributed by atoms with Gasteiger partial charge in [-0.25, -0.2) is 0 Å². The van der Waals surface area contributed by atoms with E-state index in [-0.39, 0.29) is 5.91 Å². The highest BCUT2D eigenvalue weighted by Gasteiger charge is 2.29. The molecule has 1 atom stereocenters. The van der Waals surface area contributed by atoms with E-state index in [1.165, 1.54) is 6.42 Å². The van der Waals surface area contributed by atoms with E-state index in [1.807, 2.05) is 0 Å². The van der Waals surface area contributed by atoms with Gasteiger partial charge in [0.1, 0.15) is 0 Å². The molecule has 1 aliphatic rings. The molecule has 1 saturated carbocycles. The molecule has 0 heterocycles. The number of carbonyl (C=O) groups excluding carboxylic acids is 1. The Labute approximate surface area is 97.0 Å². The van der Waals surface area contributed by atoms with Crippen molar-refractivity contribution in [3.63, 3.8) is 0 Å². The maximum absolute atomic E-state index is 11.4. The molecule has 0 aliphatic heterocycles. The Kier molecular flexibility index (Phi) is 5.22. The Bertz CT molecular complexity index is 222. The second-order valence-corrected chi connectivity index (χ2v) is 4.95. The van der Waals surface area contributed by atoms with E-state index in [1.54, 1.807) is 6.92 Å². The Hall–Kier alpha value is -0.610. The summed E-state index contributed by atoms with van der Waals surface area (Å²) in [5, 5.41) is 21.9. The fourth-order valence-electron chi connectivity index (χ4n) is 2.08. The molecule has 4 heteroatoms. The van der Waals surface area contributed by atoms with Crippen LogP contribution in [-0.4, -0.2) is 34.4 Å². The van der Waals surface area contributed by atoms with Crippen molar-refractivity contribution in [1.29, 1.82) is 0 Å². The van der Waals surface area contributed by atoms with Gasteiger partial charge in [-0.3, -0.25) is 4.79 Å². The zero-order chi connectivity index (χ0) is 12.0. The van der Waals surface area contributed by atoms with Gasteiger partial charge in [-0.15, -0.1) is 0 Å². The number of aliphatic hydroxyl groups is 2. The van der Waals surface area contributed by atoms with Gasteiger partial charge in [-0.05, 0) is 26.2 Å². The standard InChI is InChI=1S/C12H23NO3/c1-10(14)5-6-11(15)13-9-12(16)7-3-2-4-8-12/h10,14,16H,2-9H2,1H3,(H,13,15). The van der Waals surface area contributed by atoms with Gasteiger partial charge in [0.2, 0.25) is 5.91 Å². The number of amides is 1. The summed E-state index contributed by atoms with van der Waals surface area (Å²) in [5.74, 6) is -0.0834. The third kappa shape index (κ3) is 4.94. The Balaban J connectivity index is 2.19. The normalized spacial score (nSPS) is 21.4. The maximum atomic E-state index is 11.4. The van der Waals surface area contributed by atoms with Crippen LogP contribution in [0.5, 0.6) is 0 Å². The number of rotatable bonds is 5. The van der Waals surface area contributed by atoms with Gasteiger partial charge in [-0.1, -0.05) is 19.3 Å². The van der Waals surface area contributed by atoms with Gasteiger partial charge in [-0.2, -0.15) is 0 Å². The van der Waals surface area contributed by atoms with Crippen LogP contribution in [-0.2, 0) is 4.79 Å². The SMILES string of the molecule is CC(O)CCC(=O)NCC1(O)CCCCC1. The summed E-state index contributed by atoms with van der Waals surface area (Å²) in [6, 6.07) is 0. The summed E-state index contributed by atoms with van der Waals surface area (Å²) in [5.41, 5.74) is -0.696. The van der Waals surface area contributed by atoms with E-state index in [0.29, 0.717) is 19.4 Å². The molecule has 0 aromatic heterocycles. The molecule has 16 heavy (non-hydrogen) atoms. The molecule has 1 aliphatic carbocycles. The molecule has 1 unspecified atom stereocenters. The average Bonchev–Trinajstić information content (AvgIpc) is 2.25. The van der Waals surface area contributed by atoms with Crippen LogP contribution in [0.4, 0.5) is 0 Å². The molecule has 1 rings (SSSR count). The van der Waals surface area contributed by atoms with E-state index in [9.17, 15) is 9.90 Å². The summed E-state index contributed by atoms with van der Waals surface area (Å²) < 4.78 is 0. The zero-order valence-corrected chi connectivity index (χ0v) is 10.0. The molecule has 0 radical (unpaired) electrons. The highest BCUT2D eigenvalue weighted by Crippen LogP contribution is 2.27. The lowest BCUT2D eigenvalue weighted by molar-refractivity contribution is -0.123. The fourth-order valence-corrected chi connectivity index (χ4v) is 2.08. The second kappa shape index (κ2) is 6.21. The molecule has 94 valence electrons. The molecule has 1 amide bonds. The van der Waals surface area contributed by atoms with E-state index >= 15 is 0 Å². The number of nitrogens with one attached hydrogen (secondary N) is 1. The molecule has 0 aromatic carbocycles. The van der Waals surface area contributed by atoms with Crippen molar-refractivity contribution in [3.8, 4) is 0 Å². The highest BCUT2D eigenvalue weighted by molar-refractivity contribution is 5.75. The third-order valence-electron chi connectivity index (χ3n) is 3.19. The highest BCUT2D eigenvalue weighted by atomic mass is 16.3. The van der Waals surface area contributed by atoms with Crippen LogP contribution in [0.3, 0.4) is 0 Å². The topological polar surface area (TPSA) is 69.6 Å². The largest absolute Gasteiger partial charge is 0.393 e. The second-order valence-electron chi connectivity index (χ2n) is 4.95. The zero-order valence-electron chi connectivity index (χ0n) is 10.0. The molecular weight excluding hydrogens is 206 g/mol. The number of hydrogen-bond acceptors (Lipinski definition) is 3. The molecular formula is C12H23NO3. The Morgan fingerprint density at radius 2 is 2.00 bits per heavy atom. The van der Waals surface area contributed by atoms with Gasteiger partial charge in [0.25, 0.3) is 0 Å². The van der Waals surface area contributed by atoms with Gasteiger partial charge < -0.3 is 15.5 Å². The lowest BCUT2D eigenvalue weighted by Gasteiger charge is -2.32. The van der Waals surface area contributed by atoms with Crippen molar-refractivity contribution in [2.45, 2.75) is 63.6 Å². The van der Waals surface area contributed by atoms with Crippen LogP contribution in [0.1, 0.15) is 51.9 Å². The summed E-state index contributed by atoms with van der Waals surface area (Å²) >= 11 is 0. The molecule has 4 nitrogen and oxygen atoms in total. The van der Waals surface area contributed by atoms with Crippen molar-refractivity contribution in [1.82, 2.24) is 5.32 Å². The van der Waals surface area contributed by atoms with Crippen molar-refractivity contribution in [3.05, 3.63) is 0 Å². The molecule has 3 N–H and O–H groups in total. The van der Waals surface area contributed by atoms with Crippen molar-refractivity contribution in [2.75, 3.05) is 6.54 Å². The number of aliphatic hydroxyl groups excluding tert-OH is 1. The Morgan fingerprint density at radius 3 is 2.56 bits per heavy atom. The predicted octanol–water partition coefficient (Wildman–Crippen LogP) is 0.959. The monoisotopic (exact) mass is 229 g/mol. The Morgan fingerprint density at radius 1 is 1.38 bits per heavy atom. The predicted molar refractivity (Wildman–Crippen MR) is 62.0 cm³/mol. The summed E-state index contributed by atoms with van der Waals surface area (Å²) in [4.78, 5) is 11.4. The minimum absolute atomic E-state index is 0.0834. The average molecular weight is 229 g/mol. The van der Waals surface area contributed by atoms with Crippen LogP contribution in [0.25, 0.3) is 0 Å². The van der Waals surface area contributed by atoms with Crippen LogP contribution >= 0.6 is 0 Å². The first-order valence-electron chi connectivity index (χ1n) is 6.19. The maximum Gasteiger partial charge on any atom is 0.220 e. The first-order valence-corrected chi connectivity index (χ1v) is 6.19. The molecule has 0 bridgehead atoms. The van der Waals surface area contributed by atoms with Crippen molar-refractivity contribution in [2.24, 2.45) is 0 Å². The summed E-state index contributed by atoms with van der Waals surface area (Å²) in [7, 11) is 0. The molecule has 1 fully saturated rings. The van der Waals surface area contributed by atoms with E-state index < -0.39 is 11.7 Å². The quantitative estimate of drug-likeness (QED) is 0.657. The van der Waals surface area contributed by atoms with Crippen molar-refractivity contribution < 1.29 is 15.0 Å². The molecule has 0 aromatic rings. The summed E-state index contributed by atoms with van der Waals surface area (Å²) in [6.45, 7) is 2.02. The van der Waals surface area contributed by atoms with Gasteiger partial charge in [0.05, 0.1) is 11.7 Å². The minimum atomic E-state index is -0.696. The number of carbonyl (C=O) groups is 1. The van der Waals surface area contributed by atoms with Crippen LogP contribution in [0, 0.1) is 0 Å². The van der Waals surface area contributed by atoms with E-state index in [2.05, 4.69) is 5.32 Å².